The Kier molecular flexibility index (Phi) is 6.85. The van der Waals surface area contributed by atoms with Crippen molar-refractivity contribution in [3.8, 4) is 28.8 Å². The van der Waals surface area contributed by atoms with Gasteiger partial charge < -0.3 is 9.47 Å². The topological polar surface area (TPSA) is 122 Å². The van der Waals surface area contributed by atoms with Crippen molar-refractivity contribution < 1.29 is 14.4 Å². The van der Waals surface area contributed by atoms with Crippen molar-refractivity contribution >= 4 is 22.8 Å². The summed E-state index contributed by atoms with van der Waals surface area (Å²) < 4.78 is 12.8. The van der Waals surface area contributed by atoms with Gasteiger partial charge in [0.05, 0.1) is 28.6 Å². The molecule has 0 aliphatic carbocycles. The van der Waals surface area contributed by atoms with E-state index in [1.807, 2.05) is 43.3 Å². The van der Waals surface area contributed by atoms with Crippen molar-refractivity contribution in [2.75, 3.05) is 6.61 Å². The first-order chi connectivity index (χ1) is 18.5. The quantitative estimate of drug-likeness (QED) is 0.156. The Labute approximate surface area is 216 Å². The lowest BCUT2D eigenvalue weighted by molar-refractivity contribution is -0.385. The van der Waals surface area contributed by atoms with Crippen molar-refractivity contribution in [2.45, 2.75) is 6.92 Å². The van der Waals surface area contributed by atoms with Crippen LogP contribution in [0.2, 0.25) is 0 Å². The van der Waals surface area contributed by atoms with Gasteiger partial charge in [0.25, 0.3) is 11.2 Å². The van der Waals surface area contributed by atoms with Gasteiger partial charge in [-0.05, 0) is 42.8 Å². The molecule has 0 saturated heterocycles. The number of nitrogens with zero attached hydrogens (tertiary/aromatic N) is 5. The van der Waals surface area contributed by atoms with E-state index in [-0.39, 0.29) is 17.1 Å². The van der Waals surface area contributed by atoms with Crippen molar-refractivity contribution in [3.63, 3.8) is 0 Å². The number of ether oxygens (including phenoxy) is 2. The van der Waals surface area contributed by atoms with E-state index in [0.29, 0.717) is 40.4 Å². The average Bonchev–Trinajstić information content (AvgIpc) is 2.94. The standard InChI is InChI=1S/C28H21N5O5/c1-2-37-25-16-19(12-14-24(25)38-26-15-13-21(18-29-26)33(35)36)17-30-32-27(20-8-4-3-5-9-20)31-23-11-7-6-10-22(23)28(32)34/h3-18H,2H2,1H3. The van der Waals surface area contributed by atoms with Crippen LogP contribution in [-0.2, 0) is 0 Å². The molecule has 3 aromatic carbocycles. The Morgan fingerprint density at radius 1 is 1.00 bits per heavy atom. The van der Waals surface area contributed by atoms with Gasteiger partial charge in [-0.25, -0.2) is 9.97 Å². The molecular weight excluding hydrogens is 486 g/mol. The molecule has 0 aliphatic heterocycles. The maximum absolute atomic E-state index is 13.4. The predicted molar refractivity (Wildman–Crippen MR) is 143 cm³/mol. The van der Waals surface area contributed by atoms with E-state index in [9.17, 15) is 14.9 Å². The fourth-order valence-corrected chi connectivity index (χ4v) is 3.74. The van der Waals surface area contributed by atoms with Crippen LogP contribution < -0.4 is 15.0 Å². The number of hydrogen-bond donors (Lipinski definition) is 0. The molecular formula is C28H21N5O5. The minimum atomic E-state index is -0.532. The maximum atomic E-state index is 13.4. The molecule has 0 fully saturated rings. The molecule has 0 amide bonds. The molecule has 0 N–H and O–H groups in total. The van der Waals surface area contributed by atoms with Crippen LogP contribution in [-0.4, -0.2) is 32.4 Å². The van der Waals surface area contributed by atoms with E-state index in [2.05, 4.69) is 10.1 Å². The first-order valence-electron chi connectivity index (χ1n) is 11.7. The highest BCUT2D eigenvalue weighted by atomic mass is 16.6. The van der Waals surface area contributed by atoms with Crippen LogP contribution in [0.25, 0.3) is 22.3 Å². The first kappa shape index (κ1) is 24.3. The molecule has 0 radical (unpaired) electrons. The summed E-state index contributed by atoms with van der Waals surface area (Å²) in [5.41, 5.74) is 1.56. The Bertz CT molecular complexity index is 1700. The summed E-state index contributed by atoms with van der Waals surface area (Å²) in [6, 6.07) is 24.4. The second kappa shape index (κ2) is 10.7. The van der Waals surface area contributed by atoms with Gasteiger partial charge in [-0.1, -0.05) is 42.5 Å². The molecule has 5 rings (SSSR count). The predicted octanol–water partition coefficient (Wildman–Crippen LogP) is 5.44. The SMILES string of the molecule is CCOc1cc(C=Nn2c(-c3ccccc3)nc3ccccc3c2=O)ccc1Oc1ccc([N+](=O)[O-])cn1. The van der Waals surface area contributed by atoms with Crippen molar-refractivity contribution in [2.24, 2.45) is 5.10 Å². The zero-order chi connectivity index (χ0) is 26.5. The molecule has 0 spiro atoms. The van der Waals surface area contributed by atoms with Gasteiger partial charge in [0.15, 0.2) is 17.3 Å². The highest BCUT2D eigenvalue weighted by Gasteiger charge is 2.13. The zero-order valence-corrected chi connectivity index (χ0v) is 20.2. The Morgan fingerprint density at radius 3 is 2.53 bits per heavy atom. The third-order valence-corrected chi connectivity index (χ3v) is 5.52. The van der Waals surface area contributed by atoms with Crippen LogP contribution in [0.1, 0.15) is 12.5 Å². The van der Waals surface area contributed by atoms with E-state index in [1.54, 1.807) is 42.6 Å². The number of hydrogen-bond acceptors (Lipinski definition) is 8. The molecule has 0 saturated carbocycles. The lowest BCUT2D eigenvalue weighted by Crippen LogP contribution is -2.20. The minimum absolute atomic E-state index is 0.137. The Morgan fingerprint density at radius 2 is 1.79 bits per heavy atom. The molecule has 5 aromatic rings. The minimum Gasteiger partial charge on any atom is -0.490 e. The van der Waals surface area contributed by atoms with Crippen LogP contribution >= 0.6 is 0 Å². The highest BCUT2D eigenvalue weighted by Crippen LogP contribution is 2.32. The Balaban J connectivity index is 1.51. The summed E-state index contributed by atoms with van der Waals surface area (Å²) in [5, 5.41) is 15.8. The number of aromatic nitrogens is 3. The maximum Gasteiger partial charge on any atom is 0.287 e. The number of para-hydroxylation sites is 1. The molecule has 0 atom stereocenters. The summed E-state index contributed by atoms with van der Waals surface area (Å²) in [5.74, 6) is 1.39. The summed E-state index contributed by atoms with van der Waals surface area (Å²) in [6.45, 7) is 2.21. The largest absolute Gasteiger partial charge is 0.490 e. The van der Waals surface area contributed by atoms with Crippen LogP contribution in [0.4, 0.5) is 5.69 Å². The summed E-state index contributed by atoms with van der Waals surface area (Å²) in [4.78, 5) is 32.4. The molecule has 0 unspecified atom stereocenters. The second-order valence-electron chi connectivity index (χ2n) is 8.03. The average molecular weight is 508 g/mol. The number of fused-ring (bicyclic) bond motifs is 1. The van der Waals surface area contributed by atoms with Crippen LogP contribution in [0.5, 0.6) is 17.4 Å². The van der Waals surface area contributed by atoms with Gasteiger partial charge in [-0.2, -0.15) is 9.78 Å². The molecule has 0 aliphatic rings. The molecule has 0 bridgehead atoms. The van der Waals surface area contributed by atoms with E-state index < -0.39 is 4.92 Å². The van der Waals surface area contributed by atoms with Gasteiger partial charge in [0.1, 0.15) is 6.20 Å². The first-order valence-corrected chi connectivity index (χ1v) is 11.7. The molecule has 2 aromatic heterocycles. The number of nitro groups is 1. The van der Waals surface area contributed by atoms with Crippen molar-refractivity contribution in [1.29, 1.82) is 0 Å². The second-order valence-corrected chi connectivity index (χ2v) is 8.03. The van der Waals surface area contributed by atoms with Gasteiger partial charge in [-0.3, -0.25) is 14.9 Å². The monoisotopic (exact) mass is 507 g/mol. The van der Waals surface area contributed by atoms with Gasteiger partial charge in [0, 0.05) is 17.7 Å². The van der Waals surface area contributed by atoms with E-state index in [4.69, 9.17) is 14.5 Å². The summed E-state index contributed by atoms with van der Waals surface area (Å²) in [7, 11) is 0. The molecule has 38 heavy (non-hydrogen) atoms. The number of rotatable bonds is 8. The normalized spacial score (nSPS) is 11.1. The van der Waals surface area contributed by atoms with Crippen molar-refractivity contribution in [3.05, 3.63) is 117 Å². The molecule has 10 nitrogen and oxygen atoms in total. The third-order valence-electron chi connectivity index (χ3n) is 5.52. The summed E-state index contributed by atoms with van der Waals surface area (Å²) in [6.07, 6.45) is 2.66. The van der Waals surface area contributed by atoms with Crippen LogP contribution in [0, 0.1) is 10.1 Å². The molecule has 2 heterocycles. The smallest absolute Gasteiger partial charge is 0.287 e. The zero-order valence-electron chi connectivity index (χ0n) is 20.2. The lowest BCUT2D eigenvalue weighted by atomic mass is 10.2. The number of benzene rings is 3. The van der Waals surface area contributed by atoms with Gasteiger partial charge >= 0.3 is 0 Å². The van der Waals surface area contributed by atoms with Crippen LogP contribution in [0.15, 0.2) is 101 Å². The Hall–Kier alpha value is -5.38. The van der Waals surface area contributed by atoms with E-state index >= 15 is 0 Å². The molecule has 10 heteroatoms. The van der Waals surface area contributed by atoms with Gasteiger partial charge in [0.2, 0.25) is 5.88 Å². The van der Waals surface area contributed by atoms with Gasteiger partial charge in [-0.15, -0.1) is 0 Å². The third kappa shape index (κ3) is 5.09. The van der Waals surface area contributed by atoms with Crippen LogP contribution in [0.3, 0.4) is 0 Å². The van der Waals surface area contributed by atoms with Crippen molar-refractivity contribution in [1.82, 2.24) is 14.6 Å². The lowest BCUT2D eigenvalue weighted by Gasteiger charge is -2.12. The summed E-state index contributed by atoms with van der Waals surface area (Å²) >= 11 is 0. The highest BCUT2D eigenvalue weighted by molar-refractivity contribution is 5.82. The number of pyridine rings is 1. The van der Waals surface area contributed by atoms with E-state index in [0.717, 1.165) is 11.8 Å². The fraction of sp³-hybridized carbons (Fsp3) is 0.0714. The molecule has 188 valence electrons. The fourth-order valence-electron chi connectivity index (χ4n) is 3.74. The van der Waals surface area contributed by atoms with E-state index in [1.165, 1.54) is 16.8 Å².